The van der Waals surface area contributed by atoms with E-state index in [4.69, 9.17) is 4.74 Å². The van der Waals surface area contributed by atoms with E-state index in [2.05, 4.69) is 12.0 Å². The lowest BCUT2D eigenvalue weighted by Crippen LogP contribution is -2.05. The summed E-state index contributed by atoms with van der Waals surface area (Å²) in [5.74, 6) is -0.274. The SMILES string of the molecule is CCCCCn1cc(C(=O)OCCC)cn1. The molecule has 0 atom stereocenters. The Balaban J connectivity index is 2.41. The van der Waals surface area contributed by atoms with Gasteiger partial charge in [-0.3, -0.25) is 4.68 Å². The first kappa shape index (κ1) is 12.7. The second-order valence-corrected chi connectivity index (χ2v) is 3.84. The van der Waals surface area contributed by atoms with Crippen molar-refractivity contribution in [2.45, 2.75) is 46.1 Å². The lowest BCUT2D eigenvalue weighted by atomic mass is 10.2. The number of carbonyl (C=O) groups is 1. The number of carbonyl (C=O) groups excluding carboxylic acids is 1. The van der Waals surface area contributed by atoms with Gasteiger partial charge < -0.3 is 4.74 Å². The highest BCUT2D eigenvalue weighted by Gasteiger charge is 2.09. The number of rotatable bonds is 7. The van der Waals surface area contributed by atoms with E-state index in [0.29, 0.717) is 12.2 Å². The fourth-order valence-electron chi connectivity index (χ4n) is 1.39. The van der Waals surface area contributed by atoms with Crippen LogP contribution in [0.15, 0.2) is 12.4 Å². The average Bonchev–Trinajstić information content (AvgIpc) is 2.75. The largest absolute Gasteiger partial charge is 0.462 e. The maximum atomic E-state index is 11.5. The number of hydrogen-bond donors (Lipinski definition) is 0. The lowest BCUT2D eigenvalue weighted by Gasteiger charge is -2.00. The van der Waals surface area contributed by atoms with Gasteiger partial charge in [-0.1, -0.05) is 26.7 Å². The van der Waals surface area contributed by atoms with E-state index in [1.165, 1.54) is 12.8 Å². The lowest BCUT2D eigenvalue weighted by molar-refractivity contribution is 0.0505. The van der Waals surface area contributed by atoms with Crippen molar-refractivity contribution in [1.82, 2.24) is 9.78 Å². The van der Waals surface area contributed by atoms with E-state index in [1.54, 1.807) is 17.1 Å². The first-order valence-corrected chi connectivity index (χ1v) is 5.97. The predicted octanol–water partition coefficient (Wildman–Crippen LogP) is 2.64. The quantitative estimate of drug-likeness (QED) is 0.528. The Bertz CT molecular complexity index is 321. The topological polar surface area (TPSA) is 44.1 Å². The second kappa shape index (κ2) is 7.04. The normalized spacial score (nSPS) is 10.4. The van der Waals surface area contributed by atoms with Crippen LogP contribution in [0.1, 0.15) is 49.9 Å². The van der Waals surface area contributed by atoms with Crippen molar-refractivity contribution < 1.29 is 9.53 Å². The molecule has 4 heteroatoms. The van der Waals surface area contributed by atoms with Crippen molar-refractivity contribution >= 4 is 5.97 Å². The minimum atomic E-state index is -0.274. The van der Waals surface area contributed by atoms with E-state index in [-0.39, 0.29) is 5.97 Å². The van der Waals surface area contributed by atoms with Crippen LogP contribution in [0.25, 0.3) is 0 Å². The molecular formula is C12H20N2O2. The molecule has 16 heavy (non-hydrogen) atoms. The van der Waals surface area contributed by atoms with Crippen LogP contribution >= 0.6 is 0 Å². The highest BCUT2D eigenvalue weighted by atomic mass is 16.5. The third-order valence-electron chi connectivity index (χ3n) is 2.30. The van der Waals surface area contributed by atoms with Gasteiger partial charge in [-0.05, 0) is 12.8 Å². The molecule has 0 aliphatic carbocycles. The van der Waals surface area contributed by atoms with Crippen molar-refractivity contribution in [3.8, 4) is 0 Å². The Kier molecular flexibility index (Phi) is 5.61. The molecule has 0 radical (unpaired) electrons. The zero-order valence-electron chi connectivity index (χ0n) is 10.1. The van der Waals surface area contributed by atoms with Crippen LogP contribution in [-0.2, 0) is 11.3 Å². The summed E-state index contributed by atoms with van der Waals surface area (Å²) in [5.41, 5.74) is 0.546. The number of ether oxygens (including phenoxy) is 1. The summed E-state index contributed by atoms with van der Waals surface area (Å²) in [7, 11) is 0. The molecule has 1 heterocycles. The van der Waals surface area contributed by atoms with Crippen LogP contribution in [0, 0.1) is 0 Å². The van der Waals surface area contributed by atoms with Crippen LogP contribution < -0.4 is 0 Å². The van der Waals surface area contributed by atoms with Crippen molar-refractivity contribution in [1.29, 1.82) is 0 Å². The summed E-state index contributed by atoms with van der Waals surface area (Å²) in [5, 5.41) is 4.13. The summed E-state index contributed by atoms with van der Waals surface area (Å²) in [4.78, 5) is 11.5. The van der Waals surface area contributed by atoms with Gasteiger partial charge in [-0.2, -0.15) is 5.10 Å². The van der Waals surface area contributed by atoms with Gasteiger partial charge in [0.05, 0.1) is 18.4 Å². The molecule has 0 saturated heterocycles. The molecule has 1 aromatic rings. The van der Waals surface area contributed by atoms with Crippen LogP contribution in [-0.4, -0.2) is 22.4 Å². The maximum absolute atomic E-state index is 11.5. The molecule has 0 saturated carbocycles. The molecule has 0 fully saturated rings. The summed E-state index contributed by atoms with van der Waals surface area (Å²) in [6.45, 7) is 5.48. The number of aryl methyl sites for hydroxylation is 1. The molecule has 0 amide bonds. The number of nitrogens with zero attached hydrogens (tertiary/aromatic N) is 2. The fourth-order valence-corrected chi connectivity index (χ4v) is 1.39. The molecule has 1 rings (SSSR count). The molecule has 1 aromatic heterocycles. The molecule has 0 bridgehead atoms. The van der Waals surface area contributed by atoms with Gasteiger partial charge in [0.2, 0.25) is 0 Å². The summed E-state index contributed by atoms with van der Waals surface area (Å²) in [6, 6.07) is 0. The first-order valence-electron chi connectivity index (χ1n) is 5.97. The van der Waals surface area contributed by atoms with Gasteiger partial charge in [0.15, 0.2) is 0 Å². The van der Waals surface area contributed by atoms with Gasteiger partial charge in [0.1, 0.15) is 0 Å². The monoisotopic (exact) mass is 224 g/mol. The van der Waals surface area contributed by atoms with Crippen LogP contribution in [0.4, 0.5) is 0 Å². The third-order valence-corrected chi connectivity index (χ3v) is 2.30. The zero-order chi connectivity index (χ0) is 11.8. The predicted molar refractivity (Wildman–Crippen MR) is 62.3 cm³/mol. The van der Waals surface area contributed by atoms with Crippen LogP contribution in [0.3, 0.4) is 0 Å². The molecule has 4 nitrogen and oxygen atoms in total. The van der Waals surface area contributed by atoms with Gasteiger partial charge >= 0.3 is 5.97 Å². The molecule has 0 aliphatic rings. The Morgan fingerprint density at radius 1 is 1.38 bits per heavy atom. The average molecular weight is 224 g/mol. The molecule has 90 valence electrons. The minimum absolute atomic E-state index is 0.274. The molecule has 0 aliphatic heterocycles. The molecule has 0 N–H and O–H groups in total. The number of aromatic nitrogens is 2. The third kappa shape index (κ3) is 4.04. The zero-order valence-corrected chi connectivity index (χ0v) is 10.1. The highest BCUT2D eigenvalue weighted by Crippen LogP contribution is 2.03. The Labute approximate surface area is 96.6 Å². The summed E-state index contributed by atoms with van der Waals surface area (Å²) < 4.78 is 6.83. The molecular weight excluding hydrogens is 204 g/mol. The van der Waals surface area contributed by atoms with E-state index >= 15 is 0 Å². The summed E-state index contributed by atoms with van der Waals surface area (Å²) in [6.07, 6.45) is 7.65. The van der Waals surface area contributed by atoms with Crippen molar-refractivity contribution in [2.24, 2.45) is 0 Å². The maximum Gasteiger partial charge on any atom is 0.341 e. The molecule has 0 aromatic carbocycles. The highest BCUT2D eigenvalue weighted by molar-refractivity contribution is 5.88. The van der Waals surface area contributed by atoms with Crippen molar-refractivity contribution in [3.63, 3.8) is 0 Å². The van der Waals surface area contributed by atoms with Crippen molar-refractivity contribution in [3.05, 3.63) is 18.0 Å². The summed E-state index contributed by atoms with van der Waals surface area (Å²) >= 11 is 0. The molecule has 0 spiro atoms. The van der Waals surface area contributed by atoms with E-state index in [9.17, 15) is 4.79 Å². The van der Waals surface area contributed by atoms with Gasteiger partial charge in [0.25, 0.3) is 0 Å². The van der Waals surface area contributed by atoms with E-state index in [0.717, 1.165) is 19.4 Å². The molecule has 0 unspecified atom stereocenters. The van der Waals surface area contributed by atoms with Crippen LogP contribution in [0.2, 0.25) is 0 Å². The smallest absolute Gasteiger partial charge is 0.341 e. The first-order chi connectivity index (χ1) is 7.77. The van der Waals surface area contributed by atoms with E-state index in [1.807, 2.05) is 6.92 Å². The van der Waals surface area contributed by atoms with Gasteiger partial charge in [-0.15, -0.1) is 0 Å². The number of unbranched alkanes of at least 4 members (excludes halogenated alkanes) is 2. The number of esters is 1. The fraction of sp³-hybridized carbons (Fsp3) is 0.667. The minimum Gasteiger partial charge on any atom is -0.462 e. The second-order valence-electron chi connectivity index (χ2n) is 3.84. The van der Waals surface area contributed by atoms with E-state index < -0.39 is 0 Å². The number of hydrogen-bond acceptors (Lipinski definition) is 3. The Morgan fingerprint density at radius 2 is 2.19 bits per heavy atom. The standard InChI is InChI=1S/C12H20N2O2/c1-3-5-6-7-14-10-11(9-13-14)12(15)16-8-4-2/h9-10H,3-8H2,1-2H3. The Hall–Kier alpha value is -1.32. The van der Waals surface area contributed by atoms with Gasteiger partial charge in [0, 0.05) is 12.7 Å². The Morgan fingerprint density at radius 3 is 2.88 bits per heavy atom. The van der Waals surface area contributed by atoms with Crippen molar-refractivity contribution in [2.75, 3.05) is 6.61 Å². The van der Waals surface area contributed by atoms with Crippen LogP contribution in [0.5, 0.6) is 0 Å². The van der Waals surface area contributed by atoms with Gasteiger partial charge in [-0.25, -0.2) is 4.79 Å².